The van der Waals surface area contributed by atoms with Gasteiger partial charge >= 0.3 is 0 Å². The maximum absolute atomic E-state index is 12.5. The Morgan fingerprint density at radius 1 is 1.17 bits per heavy atom. The third-order valence-electron chi connectivity index (χ3n) is 4.22. The first-order valence-electron chi connectivity index (χ1n) is 9.19. The third-order valence-corrected chi connectivity index (χ3v) is 5.68. The molecule has 4 rings (SSSR count). The van der Waals surface area contributed by atoms with Gasteiger partial charge in [0, 0.05) is 16.1 Å². The average Bonchev–Trinajstić information content (AvgIpc) is 3.12. The molecule has 9 heteroatoms. The van der Waals surface area contributed by atoms with Gasteiger partial charge < -0.3 is 10.1 Å². The van der Waals surface area contributed by atoms with Gasteiger partial charge in [0.25, 0.3) is 5.56 Å². The van der Waals surface area contributed by atoms with E-state index in [0.717, 1.165) is 30.7 Å². The predicted molar refractivity (Wildman–Crippen MR) is 121 cm³/mol. The van der Waals surface area contributed by atoms with E-state index in [0.29, 0.717) is 17.4 Å². The van der Waals surface area contributed by atoms with Crippen LogP contribution in [0.25, 0.3) is 21.5 Å². The van der Waals surface area contributed by atoms with Crippen molar-refractivity contribution in [3.8, 4) is 17.0 Å². The molecular formula is C21H17BrN4O3S. The van der Waals surface area contributed by atoms with Crippen molar-refractivity contribution in [2.45, 2.75) is 13.5 Å². The van der Waals surface area contributed by atoms with E-state index in [2.05, 4.69) is 31.3 Å². The van der Waals surface area contributed by atoms with Crippen LogP contribution in [0, 0.1) is 0 Å². The summed E-state index contributed by atoms with van der Waals surface area (Å²) in [6.45, 7) is 2.29. The molecule has 30 heavy (non-hydrogen) atoms. The first kappa shape index (κ1) is 20.2. The van der Waals surface area contributed by atoms with Crippen molar-refractivity contribution in [3.05, 3.63) is 69.4 Å². The highest BCUT2D eigenvalue weighted by Crippen LogP contribution is 2.29. The summed E-state index contributed by atoms with van der Waals surface area (Å²) in [6.07, 6.45) is 0. The number of ether oxygens (including phenoxy) is 1. The van der Waals surface area contributed by atoms with Crippen LogP contribution in [0.4, 0.5) is 5.13 Å². The predicted octanol–water partition coefficient (Wildman–Crippen LogP) is 4.32. The maximum Gasteiger partial charge on any atom is 0.267 e. The molecule has 0 spiro atoms. The number of carbonyl (C=O) groups is 1. The number of nitrogens with one attached hydrogen (secondary N) is 1. The Morgan fingerprint density at radius 3 is 2.73 bits per heavy atom. The fourth-order valence-electron chi connectivity index (χ4n) is 2.85. The minimum absolute atomic E-state index is 0.205. The van der Waals surface area contributed by atoms with Crippen LogP contribution in [-0.2, 0) is 11.3 Å². The number of hydrogen-bond donors (Lipinski definition) is 1. The zero-order valence-electron chi connectivity index (χ0n) is 16.0. The van der Waals surface area contributed by atoms with Crippen molar-refractivity contribution in [2.24, 2.45) is 0 Å². The van der Waals surface area contributed by atoms with Gasteiger partial charge in [-0.3, -0.25) is 9.59 Å². The number of thiazole rings is 1. The van der Waals surface area contributed by atoms with E-state index in [1.807, 2.05) is 49.4 Å². The molecule has 0 bridgehead atoms. The molecule has 0 aliphatic rings. The van der Waals surface area contributed by atoms with Crippen molar-refractivity contribution >= 4 is 48.5 Å². The summed E-state index contributed by atoms with van der Waals surface area (Å²) in [5, 5.41) is 7.53. The summed E-state index contributed by atoms with van der Waals surface area (Å²) in [5.74, 6) is 0.383. The number of halogens is 1. The van der Waals surface area contributed by atoms with Crippen LogP contribution in [0.1, 0.15) is 6.92 Å². The molecule has 7 nitrogen and oxygen atoms in total. The molecule has 2 heterocycles. The van der Waals surface area contributed by atoms with Crippen molar-refractivity contribution in [1.29, 1.82) is 0 Å². The van der Waals surface area contributed by atoms with Gasteiger partial charge in [-0.1, -0.05) is 39.4 Å². The smallest absolute Gasteiger partial charge is 0.267 e. The summed E-state index contributed by atoms with van der Waals surface area (Å²) in [4.78, 5) is 29.1. The number of fused-ring (bicyclic) bond motifs is 1. The Labute approximate surface area is 184 Å². The lowest BCUT2D eigenvalue weighted by Crippen LogP contribution is -2.29. The van der Waals surface area contributed by atoms with Gasteiger partial charge in [0.2, 0.25) is 5.91 Å². The number of amides is 1. The monoisotopic (exact) mass is 484 g/mol. The van der Waals surface area contributed by atoms with Crippen LogP contribution in [0.15, 0.2) is 63.9 Å². The van der Waals surface area contributed by atoms with Crippen LogP contribution in [0.5, 0.6) is 5.75 Å². The fourth-order valence-corrected chi connectivity index (χ4v) is 4.02. The molecule has 0 radical (unpaired) electrons. The van der Waals surface area contributed by atoms with E-state index in [1.165, 1.54) is 17.4 Å². The van der Waals surface area contributed by atoms with Crippen molar-refractivity contribution < 1.29 is 9.53 Å². The number of carbonyl (C=O) groups excluding carboxylic acids is 1. The number of hydrogen-bond acceptors (Lipinski definition) is 6. The Kier molecular flexibility index (Phi) is 5.91. The second-order valence-corrected chi connectivity index (χ2v) is 8.30. The van der Waals surface area contributed by atoms with Crippen LogP contribution in [0.2, 0.25) is 0 Å². The molecule has 0 saturated heterocycles. The Balaban J connectivity index is 1.51. The highest BCUT2D eigenvalue weighted by Gasteiger charge is 2.12. The third kappa shape index (κ3) is 4.58. The molecule has 0 aliphatic carbocycles. The lowest BCUT2D eigenvalue weighted by Gasteiger charge is -2.07. The average molecular weight is 485 g/mol. The highest BCUT2D eigenvalue weighted by atomic mass is 79.9. The van der Waals surface area contributed by atoms with Crippen molar-refractivity contribution in [1.82, 2.24) is 14.8 Å². The van der Waals surface area contributed by atoms with Gasteiger partial charge in [0.1, 0.15) is 12.3 Å². The second kappa shape index (κ2) is 8.76. The van der Waals surface area contributed by atoms with Gasteiger partial charge in [-0.2, -0.15) is 5.10 Å². The molecule has 0 saturated carbocycles. The number of aromatic nitrogens is 3. The quantitative estimate of drug-likeness (QED) is 0.440. The van der Waals surface area contributed by atoms with E-state index in [-0.39, 0.29) is 18.0 Å². The minimum Gasteiger partial charge on any atom is -0.494 e. The first-order chi connectivity index (χ1) is 14.5. The molecule has 2 aromatic carbocycles. The number of benzene rings is 2. The minimum atomic E-state index is -0.373. The molecule has 0 aliphatic heterocycles. The Bertz CT molecular complexity index is 1270. The number of rotatable bonds is 6. The lowest BCUT2D eigenvalue weighted by atomic mass is 10.1. The topological polar surface area (TPSA) is 86.1 Å². The zero-order valence-corrected chi connectivity index (χ0v) is 18.4. The molecule has 4 aromatic rings. The zero-order chi connectivity index (χ0) is 21.1. The summed E-state index contributed by atoms with van der Waals surface area (Å²) < 4.78 is 8.49. The molecule has 1 N–H and O–H groups in total. The molecule has 152 valence electrons. The summed E-state index contributed by atoms with van der Waals surface area (Å²) in [6, 6.07) is 16.2. The van der Waals surface area contributed by atoms with E-state index >= 15 is 0 Å². The molecule has 0 atom stereocenters. The Morgan fingerprint density at radius 2 is 1.97 bits per heavy atom. The van der Waals surface area contributed by atoms with Crippen LogP contribution < -0.4 is 15.6 Å². The van der Waals surface area contributed by atoms with E-state index < -0.39 is 0 Å². The fraction of sp³-hybridized carbons (Fsp3) is 0.143. The molecule has 2 aromatic heterocycles. The van der Waals surface area contributed by atoms with Crippen LogP contribution in [0.3, 0.4) is 0 Å². The summed E-state index contributed by atoms with van der Waals surface area (Å²) in [7, 11) is 0. The first-order valence-corrected chi connectivity index (χ1v) is 10.8. The van der Waals surface area contributed by atoms with Gasteiger partial charge in [0.15, 0.2) is 5.13 Å². The normalized spacial score (nSPS) is 10.9. The van der Waals surface area contributed by atoms with E-state index in [1.54, 1.807) is 6.07 Å². The van der Waals surface area contributed by atoms with Crippen molar-refractivity contribution in [3.63, 3.8) is 0 Å². The van der Waals surface area contributed by atoms with E-state index in [4.69, 9.17) is 4.74 Å². The Hall–Kier alpha value is -3.04. The summed E-state index contributed by atoms with van der Waals surface area (Å²) in [5.41, 5.74) is 1.88. The van der Waals surface area contributed by atoms with Crippen molar-refractivity contribution in [2.75, 3.05) is 11.9 Å². The second-order valence-electron chi connectivity index (χ2n) is 6.35. The number of nitrogens with zero attached hydrogens (tertiary/aromatic N) is 3. The van der Waals surface area contributed by atoms with Gasteiger partial charge in [0.05, 0.1) is 22.5 Å². The molecular weight excluding hydrogens is 468 g/mol. The molecule has 1 amide bonds. The standard InChI is InChI=1S/C21H17BrN4O3S/c1-2-29-15-7-8-17-18(11-15)30-21(23-17)24-19(27)12-26-20(28)10-9-16(25-26)13-3-5-14(22)6-4-13/h3-11H,2,12H2,1H3,(H,23,24,27). The lowest BCUT2D eigenvalue weighted by molar-refractivity contribution is -0.117. The summed E-state index contributed by atoms with van der Waals surface area (Å²) >= 11 is 4.74. The molecule has 0 fully saturated rings. The van der Waals surface area contributed by atoms with Gasteiger partial charge in [-0.05, 0) is 43.3 Å². The van der Waals surface area contributed by atoms with Crippen LogP contribution >= 0.6 is 27.3 Å². The highest BCUT2D eigenvalue weighted by molar-refractivity contribution is 9.10. The molecule has 0 unspecified atom stereocenters. The maximum atomic E-state index is 12.5. The SMILES string of the molecule is CCOc1ccc2nc(NC(=O)Cn3nc(-c4ccc(Br)cc4)ccc3=O)sc2c1. The van der Waals surface area contributed by atoms with E-state index in [9.17, 15) is 9.59 Å². The largest absolute Gasteiger partial charge is 0.494 e. The number of anilines is 1. The van der Waals surface area contributed by atoms with Gasteiger partial charge in [-0.15, -0.1) is 0 Å². The van der Waals surface area contributed by atoms with Gasteiger partial charge in [-0.25, -0.2) is 9.67 Å². The van der Waals surface area contributed by atoms with Crippen LogP contribution in [-0.4, -0.2) is 27.3 Å².